The van der Waals surface area contributed by atoms with Crippen LogP contribution in [0.5, 0.6) is 0 Å². The quantitative estimate of drug-likeness (QED) is 0.0346. The van der Waals surface area contributed by atoms with Gasteiger partial charge < -0.3 is 0 Å². The summed E-state index contributed by atoms with van der Waals surface area (Å²) in [5, 5.41) is 0. The molecule has 7 aromatic rings. The number of benzene rings is 7. The lowest BCUT2D eigenvalue weighted by Gasteiger charge is -2.29. The van der Waals surface area contributed by atoms with Gasteiger partial charge in [-0.1, -0.05) is 457 Å². The molecule has 0 aliphatic carbocycles. The average Bonchev–Trinajstić information content (AvgIpc) is 0.714. The first kappa shape index (κ1) is 104. The molecular weight excluding hydrogens is 1560 g/mol. The molecule has 0 N–H and O–H groups in total. The molecule has 0 spiro atoms. The summed E-state index contributed by atoms with van der Waals surface area (Å²) in [5.41, 5.74) is 24.7. The summed E-state index contributed by atoms with van der Waals surface area (Å²) >= 11 is 13.0. The van der Waals surface area contributed by atoms with Crippen molar-refractivity contribution in [3.63, 3.8) is 0 Å². The number of rotatable bonds is 78. The average molecular weight is 1740 g/mol. The first-order chi connectivity index (χ1) is 59.5. The van der Waals surface area contributed by atoms with Gasteiger partial charge in [-0.05, 0) is 246 Å². The molecule has 0 saturated heterocycles. The van der Waals surface area contributed by atoms with E-state index in [-0.39, 0.29) is 0 Å². The third-order valence-corrected chi connectivity index (χ3v) is 31.4. The lowest BCUT2D eigenvalue weighted by Crippen LogP contribution is -2.03. The molecule has 0 bridgehead atoms. The van der Waals surface area contributed by atoms with Crippen LogP contribution in [0.2, 0.25) is 0 Å². The highest BCUT2D eigenvalue weighted by atomic mass is 32.2. The van der Waals surface area contributed by atoms with Gasteiger partial charge in [-0.3, -0.25) is 0 Å². The molecule has 0 fully saturated rings. The van der Waals surface area contributed by atoms with E-state index in [9.17, 15) is 0 Å². The lowest BCUT2D eigenvalue weighted by atomic mass is 9.73. The van der Waals surface area contributed by atoms with E-state index in [1.54, 1.807) is 0 Å². The number of thioether (sulfide) groups is 6. The number of hydrogen-bond acceptors (Lipinski definition) is 6. The Balaban J connectivity index is 1.37. The van der Waals surface area contributed by atoms with Crippen LogP contribution >= 0.6 is 70.6 Å². The first-order valence-corrected chi connectivity index (χ1v) is 57.7. The summed E-state index contributed by atoms with van der Waals surface area (Å²) in [6.07, 6.45) is 72.9. The highest BCUT2D eigenvalue weighted by Crippen LogP contribution is 2.56. The largest absolute Gasteiger partial charge is 0.162 e. The Morgan fingerprint density at radius 3 is 0.350 bits per heavy atom. The first-order valence-electron chi connectivity index (χ1n) is 50.8. The van der Waals surface area contributed by atoms with E-state index in [0.29, 0.717) is 0 Å². The van der Waals surface area contributed by atoms with Crippen LogP contribution in [0.3, 0.4) is 0 Å². The van der Waals surface area contributed by atoms with Gasteiger partial charge in [0.15, 0.2) is 0 Å². The van der Waals surface area contributed by atoms with E-state index in [4.69, 9.17) is 0 Å². The highest BCUT2D eigenvalue weighted by Gasteiger charge is 2.30. The summed E-state index contributed by atoms with van der Waals surface area (Å²) < 4.78 is 0. The van der Waals surface area contributed by atoms with E-state index in [0.717, 1.165) is 38.5 Å². The Bertz CT molecular complexity index is 2910. The summed E-state index contributed by atoms with van der Waals surface area (Å²) in [6, 6.07) is 60.8. The van der Waals surface area contributed by atoms with Gasteiger partial charge in [0.2, 0.25) is 0 Å². The fourth-order valence-corrected chi connectivity index (χ4v) is 23.2. The van der Waals surface area contributed by atoms with Crippen molar-refractivity contribution in [3.8, 4) is 66.8 Å². The topological polar surface area (TPSA) is 0 Å². The molecular formula is C114H174S6. The second kappa shape index (κ2) is 70.7. The third kappa shape index (κ3) is 44.4. The lowest BCUT2D eigenvalue weighted by molar-refractivity contribution is 0.586. The van der Waals surface area contributed by atoms with Crippen LogP contribution in [-0.4, -0.2) is 69.0 Å². The zero-order valence-electron chi connectivity index (χ0n) is 78.0. The maximum Gasteiger partial charge on any atom is -0.00139 e. The SMILES string of the molecule is CCCCCCCCCCSCCc1ccc(-c2c(-c3ccc(CCSCCCCCCCCCC)cc3)c(-c3ccc(CCSCCCCCCCCCC)cc3)c(-c3ccc(CCSCCCCCCCCCC)cc3)c(-c3ccc(CCSCCCCCCCCCC)cc3)c2-c2ccc(CCSCCCCCCCCCC)cc2)cc1. The molecule has 0 saturated carbocycles. The van der Waals surface area contributed by atoms with Crippen LogP contribution in [0.1, 0.15) is 383 Å². The minimum atomic E-state index is 1.09. The van der Waals surface area contributed by atoms with Gasteiger partial charge in [0, 0.05) is 0 Å². The fraction of sp³-hybridized carbons (Fsp3) is 0.632. The zero-order chi connectivity index (χ0) is 84.3. The molecule has 0 amide bonds. The maximum atomic E-state index is 2.55. The van der Waals surface area contributed by atoms with Gasteiger partial charge in [0.25, 0.3) is 0 Å². The molecule has 0 heterocycles. The van der Waals surface area contributed by atoms with Crippen molar-refractivity contribution in [1.29, 1.82) is 0 Å². The molecule has 7 aromatic carbocycles. The second-order valence-corrected chi connectivity index (χ2v) is 42.8. The van der Waals surface area contributed by atoms with E-state index in [2.05, 4.69) is 258 Å². The molecule has 0 aliphatic heterocycles. The Morgan fingerprint density at radius 2 is 0.233 bits per heavy atom. The smallest absolute Gasteiger partial charge is 0.00139 e. The maximum absolute atomic E-state index is 2.55. The van der Waals surface area contributed by atoms with Gasteiger partial charge in [0.05, 0.1) is 0 Å². The molecule has 7 rings (SSSR count). The molecule has 0 unspecified atom stereocenters. The van der Waals surface area contributed by atoms with Crippen molar-refractivity contribution >= 4 is 70.6 Å². The van der Waals surface area contributed by atoms with Gasteiger partial charge in [-0.15, -0.1) is 0 Å². The highest BCUT2D eigenvalue weighted by molar-refractivity contribution is 8.00. The van der Waals surface area contributed by atoms with Crippen molar-refractivity contribution in [1.82, 2.24) is 0 Å². The Labute approximate surface area is 767 Å². The van der Waals surface area contributed by atoms with E-state index in [1.807, 2.05) is 0 Å². The van der Waals surface area contributed by atoms with Crippen molar-refractivity contribution in [2.75, 3.05) is 69.0 Å². The number of unbranched alkanes of at least 4 members (excludes halogenated alkanes) is 42. The molecule has 0 nitrogen and oxygen atoms in total. The minimum absolute atomic E-state index is 1.09. The summed E-state index contributed by atoms with van der Waals surface area (Å²) in [4.78, 5) is 0. The second-order valence-electron chi connectivity index (χ2n) is 35.5. The van der Waals surface area contributed by atoms with E-state index in [1.165, 1.54) is 477 Å². The molecule has 120 heavy (non-hydrogen) atoms. The molecule has 6 heteroatoms. The predicted molar refractivity (Wildman–Crippen MR) is 561 cm³/mol. The van der Waals surface area contributed by atoms with Crippen LogP contribution in [0.15, 0.2) is 146 Å². The van der Waals surface area contributed by atoms with Gasteiger partial charge in [0.1, 0.15) is 0 Å². The van der Waals surface area contributed by atoms with Crippen LogP contribution < -0.4 is 0 Å². The number of hydrogen-bond donors (Lipinski definition) is 0. The van der Waals surface area contributed by atoms with Crippen molar-refractivity contribution in [2.24, 2.45) is 0 Å². The minimum Gasteiger partial charge on any atom is -0.162 e. The van der Waals surface area contributed by atoms with Crippen molar-refractivity contribution < 1.29 is 0 Å². The Kier molecular flexibility index (Phi) is 61.1. The van der Waals surface area contributed by atoms with Crippen LogP contribution in [0, 0.1) is 0 Å². The normalized spacial score (nSPS) is 11.7. The molecule has 0 radical (unpaired) electrons. The monoisotopic (exact) mass is 1740 g/mol. The van der Waals surface area contributed by atoms with Crippen molar-refractivity contribution in [3.05, 3.63) is 179 Å². The van der Waals surface area contributed by atoms with Gasteiger partial charge in [-0.25, -0.2) is 0 Å². The summed E-state index contributed by atoms with van der Waals surface area (Å²) in [6.45, 7) is 14.0. The van der Waals surface area contributed by atoms with E-state index >= 15 is 0 Å². The van der Waals surface area contributed by atoms with Crippen LogP contribution in [0.25, 0.3) is 66.8 Å². The Hall–Kier alpha value is -3.36. The van der Waals surface area contributed by atoms with Gasteiger partial charge >= 0.3 is 0 Å². The zero-order valence-corrected chi connectivity index (χ0v) is 82.9. The predicted octanol–water partition coefficient (Wildman–Crippen LogP) is 38.2. The summed E-state index contributed by atoms with van der Waals surface area (Å²) in [7, 11) is 0. The third-order valence-electron chi connectivity index (χ3n) is 25.0. The standard InChI is InChI=1S/C114H174S6/c1-7-13-19-25-31-37-43-49-85-115-91-79-97-55-67-103(68-56-97)109-110(104-69-57-98(58-70-104)80-92-116-86-50-44-38-32-26-20-14-8-2)112(106-73-61-100(62-74-106)82-94-118-88-52-46-40-34-28-22-16-10-4)114(108-77-65-102(66-78-108)84-96-120-90-54-48-42-36-30-24-18-12-6)113(107-75-63-101(64-76-107)83-95-119-89-53-47-41-35-29-23-17-11-5)111(109)105-71-59-99(60-72-105)81-93-117-87-51-45-39-33-27-21-15-9-3/h55-78H,7-54,79-96H2,1-6H3. The van der Waals surface area contributed by atoms with E-state index < -0.39 is 0 Å². The van der Waals surface area contributed by atoms with Gasteiger partial charge in [-0.2, -0.15) is 70.6 Å². The molecule has 0 aromatic heterocycles. The van der Waals surface area contributed by atoms with Crippen LogP contribution in [-0.2, 0) is 38.5 Å². The molecule has 0 aliphatic rings. The number of aryl methyl sites for hydroxylation is 6. The molecule has 0 atom stereocenters. The van der Waals surface area contributed by atoms with Crippen LogP contribution in [0.4, 0.5) is 0 Å². The summed E-state index contributed by atoms with van der Waals surface area (Å²) in [5.74, 6) is 14.6. The van der Waals surface area contributed by atoms with Crippen molar-refractivity contribution in [2.45, 2.75) is 388 Å². The Morgan fingerprint density at radius 1 is 0.125 bits per heavy atom. The molecule has 666 valence electrons. The fourth-order valence-electron chi connectivity index (χ4n) is 17.3.